The van der Waals surface area contributed by atoms with Gasteiger partial charge in [-0.1, -0.05) is 6.07 Å². The van der Waals surface area contributed by atoms with E-state index in [1.165, 1.54) is 0 Å². The number of likely N-dealkylation sites (tertiary alicyclic amines) is 1. The van der Waals surface area contributed by atoms with E-state index in [4.69, 9.17) is 0 Å². The number of carbonyl (C=O) groups is 2. The number of aromatic nitrogens is 1. The Morgan fingerprint density at radius 2 is 2.09 bits per heavy atom. The molecule has 1 aromatic rings. The third-order valence-electron chi connectivity index (χ3n) is 4.47. The van der Waals surface area contributed by atoms with Crippen LogP contribution < -0.4 is 5.32 Å². The first kappa shape index (κ1) is 14.8. The van der Waals surface area contributed by atoms with E-state index in [1.807, 2.05) is 28.0 Å². The standard InChI is InChI=1S/C16H22N4O2/c21-15(5-4-13-3-1-2-8-17-13)19-10-6-14(7-11-19)20-12-9-18-16(20)22/h1-3,8,14H,4-7,9-12H2,(H,18,22). The SMILES string of the molecule is O=C(CCc1ccccn1)N1CCC(N2CCNC2=O)CC1. The molecule has 1 N–H and O–H groups in total. The number of piperidine rings is 1. The molecule has 0 unspecified atom stereocenters. The highest BCUT2D eigenvalue weighted by atomic mass is 16.2. The molecule has 2 aliphatic heterocycles. The summed E-state index contributed by atoms with van der Waals surface area (Å²) in [4.78, 5) is 32.0. The molecule has 118 valence electrons. The lowest BCUT2D eigenvalue weighted by atomic mass is 10.0. The fraction of sp³-hybridized carbons (Fsp3) is 0.562. The Morgan fingerprint density at radius 3 is 2.73 bits per heavy atom. The molecule has 0 bridgehead atoms. The molecule has 6 heteroatoms. The second-order valence-electron chi connectivity index (χ2n) is 5.86. The van der Waals surface area contributed by atoms with Gasteiger partial charge in [-0.2, -0.15) is 0 Å². The van der Waals surface area contributed by atoms with Crippen molar-refractivity contribution in [1.82, 2.24) is 20.1 Å². The summed E-state index contributed by atoms with van der Waals surface area (Å²) in [6.45, 7) is 3.02. The van der Waals surface area contributed by atoms with Crippen LogP contribution in [0, 0.1) is 0 Å². The number of hydrogen-bond donors (Lipinski definition) is 1. The van der Waals surface area contributed by atoms with E-state index < -0.39 is 0 Å². The summed E-state index contributed by atoms with van der Waals surface area (Å²) in [5, 5.41) is 2.84. The van der Waals surface area contributed by atoms with Crippen LogP contribution in [0.2, 0.25) is 0 Å². The van der Waals surface area contributed by atoms with Crippen LogP contribution in [0.1, 0.15) is 25.0 Å². The van der Waals surface area contributed by atoms with Gasteiger partial charge in [0.1, 0.15) is 0 Å². The number of hydrogen-bond acceptors (Lipinski definition) is 3. The van der Waals surface area contributed by atoms with E-state index in [0.717, 1.165) is 44.7 Å². The van der Waals surface area contributed by atoms with E-state index in [9.17, 15) is 9.59 Å². The van der Waals surface area contributed by atoms with Gasteiger partial charge in [-0.25, -0.2) is 4.79 Å². The highest BCUT2D eigenvalue weighted by Crippen LogP contribution is 2.19. The number of pyridine rings is 1. The van der Waals surface area contributed by atoms with Gasteiger partial charge in [-0.15, -0.1) is 0 Å². The first-order valence-corrected chi connectivity index (χ1v) is 7.96. The van der Waals surface area contributed by atoms with Crippen LogP contribution in [0.5, 0.6) is 0 Å². The van der Waals surface area contributed by atoms with Crippen LogP contribution in [0.25, 0.3) is 0 Å². The zero-order valence-electron chi connectivity index (χ0n) is 12.7. The topological polar surface area (TPSA) is 65.5 Å². The molecule has 3 rings (SSSR count). The average molecular weight is 302 g/mol. The molecule has 3 amide bonds. The van der Waals surface area contributed by atoms with Crippen molar-refractivity contribution in [2.24, 2.45) is 0 Å². The van der Waals surface area contributed by atoms with Crippen LogP contribution in [0.15, 0.2) is 24.4 Å². The molecule has 3 heterocycles. The van der Waals surface area contributed by atoms with Crippen molar-refractivity contribution in [3.8, 4) is 0 Å². The predicted octanol–water partition coefficient (Wildman–Crippen LogP) is 1.03. The lowest BCUT2D eigenvalue weighted by Gasteiger charge is -2.36. The van der Waals surface area contributed by atoms with Gasteiger partial charge in [-0.3, -0.25) is 9.78 Å². The molecule has 22 heavy (non-hydrogen) atoms. The Kier molecular flexibility index (Phi) is 4.56. The number of amides is 3. The van der Waals surface area contributed by atoms with Gasteiger partial charge in [0.15, 0.2) is 0 Å². The molecular weight excluding hydrogens is 280 g/mol. The van der Waals surface area contributed by atoms with Crippen LogP contribution in [-0.4, -0.2) is 58.9 Å². The number of nitrogens with one attached hydrogen (secondary N) is 1. The molecule has 2 fully saturated rings. The minimum atomic E-state index is 0.0416. The lowest BCUT2D eigenvalue weighted by Crippen LogP contribution is -2.47. The minimum absolute atomic E-state index is 0.0416. The summed E-state index contributed by atoms with van der Waals surface area (Å²) in [7, 11) is 0. The zero-order valence-corrected chi connectivity index (χ0v) is 12.7. The van der Waals surface area contributed by atoms with E-state index in [2.05, 4.69) is 10.3 Å². The molecule has 0 atom stereocenters. The highest BCUT2D eigenvalue weighted by molar-refractivity contribution is 5.77. The predicted molar refractivity (Wildman–Crippen MR) is 82.3 cm³/mol. The number of rotatable bonds is 4. The third kappa shape index (κ3) is 3.37. The molecule has 6 nitrogen and oxygen atoms in total. The van der Waals surface area contributed by atoms with Crippen molar-refractivity contribution in [3.63, 3.8) is 0 Å². The highest BCUT2D eigenvalue weighted by Gasteiger charge is 2.31. The van der Waals surface area contributed by atoms with E-state index in [-0.39, 0.29) is 18.0 Å². The molecule has 0 spiro atoms. The van der Waals surface area contributed by atoms with Crippen molar-refractivity contribution in [2.45, 2.75) is 31.7 Å². The Bertz CT molecular complexity index is 526. The molecule has 0 saturated carbocycles. The smallest absolute Gasteiger partial charge is 0.317 e. The second-order valence-corrected chi connectivity index (χ2v) is 5.86. The molecule has 2 aliphatic rings. The minimum Gasteiger partial charge on any atom is -0.343 e. The van der Waals surface area contributed by atoms with Gasteiger partial charge >= 0.3 is 6.03 Å². The zero-order chi connectivity index (χ0) is 15.4. The summed E-state index contributed by atoms with van der Waals surface area (Å²) in [6.07, 6.45) is 4.71. The number of urea groups is 1. The van der Waals surface area contributed by atoms with Crippen LogP contribution in [0.4, 0.5) is 4.79 Å². The van der Waals surface area contributed by atoms with Gasteiger partial charge in [0.05, 0.1) is 0 Å². The van der Waals surface area contributed by atoms with Crippen molar-refractivity contribution in [1.29, 1.82) is 0 Å². The Morgan fingerprint density at radius 1 is 1.27 bits per heavy atom. The fourth-order valence-corrected chi connectivity index (χ4v) is 3.20. The maximum atomic E-state index is 12.3. The van der Waals surface area contributed by atoms with Crippen LogP contribution in [-0.2, 0) is 11.2 Å². The Labute approximate surface area is 130 Å². The summed E-state index contributed by atoms with van der Waals surface area (Å²) in [5.41, 5.74) is 0.958. The lowest BCUT2D eigenvalue weighted by molar-refractivity contribution is -0.132. The van der Waals surface area contributed by atoms with Crippen molar-refractivity contribution in [2.75, 3.05) is 26.2 Å². The van der Waals surface area contributed by atoms with E-state index in [1.54, 1.807) is 6.20 Å². The Balaban J connectivity index is 1.44. The summed E-state index contributed by atoms with van der Waals surface area (Å²) >= 11 is 0. The van der Waals surface area contributed by atoms with Gasteiger partial charge < -0.3 is 15.1 Å². The van der Waals surface area contributed by atoms with Gasteiger partial charge in [0.2, 0.25) is 5.91 Å². The molecule has 1 aromatic heterocycles. The number of nitrogens with zero attached hydrogens (tertiary/aromatic N) is 3. The monoisotopic (exact) mass is 302 g/mol. The second kappa shape index (κ2) is 6.77. The summed E-state index contributed by atoms with van der Waals surface area (Å²) < 4.78 is 0. The van der Waals surface area contributed by atoms with Gasteiger partial charge in [0.25, 0.3) is 0 Å². The first-order chi connectivity index (χ1) is 10.7. The van der Waals surface area contributed by atoms with E-state index in [0.29, 0.717) is 12.8 Å². The summed E-state index contributed by atoms with van der Waals surface area (Å²) in [5.74, 6) is 0.190. The normalized spacial score (nSPS) is 19.4. The number of carbonyl (C=O) groups excluding carboxylic acids is 2. The molecule has 2 saturated heterocycles. The molecule has 0 radical (unpaired) electrons. The summed E-state index contributed by atoms with van der Waals surface area (Å²) in [6, 6.07) is 6.09. The third-order valence-corrected chi connectivity index (χ3v) is 4.47. The van der Waals surface area contributed by atoms with Gasteiger partial charge in [-0.05, 0) is 31.4 Å². The molecule has 0 aliphatic carbocycles. The largest absolute Gasteiger partial charge is 0.343 e. The Hall–Kier alpha value is -2.11. The maximum Gasteiger partial charge on any atom is 0.317 e. The first-order valence-electron chi connectivity index (χ1n) is 7.96. The van der Waals surface area contributed by atoms with Crippen LogP contribution in [0.3, 0.4) is 0 Å². The van der Waals surface area contributed by atoms with Crippen molar-refractivity contribution < 1.29 is 9.59 Å². The van der Waals surface area contributed by atoms with Crippen molar-refractivity contribution >= 4 is 11.9 Å². The van der Waals surface area contributed by atoms with Gasteiger partial charge in [0, 0.05) is 50.5 Å². The van der Waals surface area contributed by atoms with Crippen LogP contribution >= 0.6 is 0 Å². The molecule has 0 aromatic carbocycles. The average Bonchev–Trinajstić information content (AvgIpc) is 3.00. The quantitative estimate of drug-likeness (QED) is 0.903. The van der Waals surface area contributed by atoms with Crippen molar-refractivity contribution in [3.05, 3.63) is 30.1 Å². The van der Waals surface area contributed by atoms with E-state index >= 15 is 0 Å². The number of aryl methyl sites for hydroxylation is 1. The maximum absolute atomic E-state index is 12.3. The molecular formula is C16H22N4O2. The fourth-order valence-electron chi connectivity index (χ4n) is 3.20.